The van der Waals surface area contributed by atoms with Crippen LogP contribution in [0.3, 0.4) is 0 Å². The SMILES string of the molecule is Cc1ccc2c(c1)NCC1CC3CCCCC3N21. The van der Waals surface area contributed by atoms with Gasteiger partial charge in [0.1, 0.15) is 0 Å². The summed E-state index contributed by atoms with van der Waals surface area (Å²) in [7, 11) is 0. The van der Waals surface area contributed by atoms with Gasteiger partial charge in [-0.3, -0.25) is 0 Å². The zero-order valence-electron chi connectivity index (χ0n) is 11.2. The van der Waals surface area contributed by atoms with Gasteiger partial charge in [0, 0.05) is 18.6 Å². The fourth-order valence-corrected chi connectivity index (χ4v) is 4.36. The van der Waals surface area contributed by atoms with E-state index < -0.39 is 0 Å². The minimum atomic E-state index is 0.744. The molecule has 1 aromatic rings. The van der Waals surface area contributed by atoms with Gasteiger partial charge in [0.2, 0.25) is 0 Å². The zero-order valence-corrected chi connectivity index (χ0v) is 11.2. The number of benzene rings is 1. The molecule has 1 aromatic carbocycles. The van der Waals surface area contributed by atoms with E-state index in [1.807, 2.05) is 0 Å². The Bertz CT molecular complexity index is 468. The van der Waals surface area contributed by atoms with E-state index in [0.29, 0.717) is 0 Å². The third-order valence-corrected chi connectivity index (χ3v) is 5.15. The first-order valence-electron chi connectivity index (χ1n) is 7.46. The molecule has 1 saturated heterocycles. The Morgan fingerprint density at radius 3 is 3.06 bits per heavy atom. The molecule has 2 heteroatoms. The van der Waals surface area contributed by atoms with Crippen LogP contribution in [0, 0.1) is 12.8 Å². The third kappa shape index (κ3) is 1.47. The van der Waals surface area contributed by atoms with E-state index in [2.05, 4.69) is 35.3 Å². The van der Waals surface area contributed by atoms with E-state index in [-0.39, 0.29) is 0 Å². The minimum absolute atomic E-state index is 0.744. The third-order valence-electron chi connectivity index (χ3n) is 5.15. The molecule has 0 aromatic heterocycles. The van der Waals surface area contributed by atoms with E-state index in [0.717, 1.165) is 24.5 Å². The second-order valence-corrected chi connectivity index (χ2v) is 6.31. The van der Waals surface area contributed by atoms with Crippen LogP contribution in [-0.4, -0.2) is 18.6 Å². The zero-order chi connectivity index (χ0) is 12.1. The van der Waals surface area contributed by atoms with Gasteiger partial charge >= 0.3 is 0 Å². The normalized spacial score (nSPS) is 33.4. The Balaban J connectivity index is 1.75. The number of nitrogens with zero attached hydrogens (tertiary/aromatic N) is 1. The van der Waals surface area contributed by atoms with E-state index in [9.17, 15) is 0 Å². The maximum absolute atomic E-state index is 3.64. The van der Waals surface area contributed by atoms with Crippen LogP contribution >= 0.6 is 0 Å². The molecular formula is C16H22N2. The molecule has 18 heavy (non-hydrogen) atoms. The van der Waals surface area contributed by atoms with Crippen molar-refractivity contribution in [2.24, 2.45) is 5.92 Å². The summed E-state index contributed by atoms with van der Waals surface area (Å²) >= 11 is 0. The van der Waals surface area contributed by atoms with Gasteiger partial charge in [-0.1, -0.05) is 18.9 Å². The van der Waals surface area contributed by atoms with Crippen molar-refractivity contribution in [3.05, 3.63) is 23.8 Å². The summed E-state index contributed by atoms with van der Waals surface area (Å²) in [5.74, 6) is 0.956. The quantitative estimate of drug-likeness (QED) is 0.748. The number of hydrogen-bond donors (Lipinski definition) is 1. The van der Waals surface area contributed by atoms with Crippen LogP contribution in [0.25, 0.3) is 0 Å². The van der Waals surface area contributed by atoms with E-state index in [1.165, 1.54) is 49.0 Å². The van der Waals surface area contributed by atoms with Gasteiger partial charge in [0.05, 0.1) is 11.4 Å². The van der Waals surface area contributed by atoms with Crippen molar-refractivity contribution in [1.29, 1.82) is 0 Å². The second kappa shape index (κ2) is 3.91. The summed E-state index contributed by atoms with van der Waals surface area (Å²) in [4.78, 5) is 2.76. The molecule has 2 aliphatic heterocycles. The maximum Gasteiger partial charge on any atom is 0.0607 e. The van der Waals surface area contributed by atoms with Gasteiger partial charge in [0.15, 0.2) is 0 Å². The highest BCUT2D eigenvalue weighted by molar-refractivity contribution is 5.74. The summed E-state index contributed by atoms with van der Waals surface area (Å²) in [6, 6.07) is 8.47. The molecule has 1 aliphatic carbocycles. The predicted octanol–water partition coefficient (Wildman–Crippen LogP) is 3.56. The number of nitrogens with one attached hydrogen (secondary N) is 1. The monoisotopic (exact) mass is 242 g/mol. The molecule has 3 unspecified atom stereocenters. The number of anilines is 2. The molecule has 96 valence electrons. The molecule has 0 spiro atoms. The smallest absolute Gasteiger partial charge is 0.0607 e. The molecule has 0 radical (unpaired) electrons. The van der Waals surface area contributed by atoms with Crippen molar-refractivity contribution in [2.45, 2.75) is 51.1 Å². The molecule has 3 aliphatic rings. The van der Waals surface area contributed by atoms with E-state index in [4.69, 9.17) is 0 Å². The fraction of sp³-hybridized carbons (Fsp3) is 0.625. The largest absolute Gasteiger partial charge is 0.381 e. The Hall–Kier alpha value is -1.18. The average Bonchev–Trinajstić information content (AvgIpc) is 2.77. The minimum Gasteiger partial charge on any atom is -0.381 e. The highest BCUT2D eigenvalue weighted by atomic mass is 15.3. The average molecular weight is 242 g/mol. The second-order valence-electron chi connectivity index (χ2n) is 6.31. The van der Waals surface area contributed by atoms with Crippen molar-refractivity contribution in [3.63, 3.8) is 0 Å². The molecule has 1 N–H and O–H groups in total. The van der Waals surface area contributed by atoms with Crippen molar-refractivity contribution < 1.29 is 0 Å². The lowest BCUT2D eigenvalue weighted by Gasteiger charge is -2.40. The molecule has 3 atom stereocenters. The topological polar surface area (TPSA) is 15.3 Å². The molecule has 0 amide bonds. The number of rotatable bonds is 0. The molecule has 2 fully saturated rings. The van der Waals surface area contributed by atoms with Crippen LogP contribution < -0.4 is 10.2 Å². The van der Waals surface area contributed by atoms with E-state index in [1.54, 1.807) is 0 Å². The Labute approximate surface area is 109 Å². The number of aryl methyl sites for hydroxylation is 1. The molecule has 2 heterocycles. The Morgan fingerprint density at radius 1 is 1.22 bits per heavy atom. The van der Waals surface area contributed by atoms with Crippen molar-refractivity contribution in [2.75, 3.05) is 16.8 Å². The van der Waals surface area contributed by atoms with Crippen LogP contribution in [0.5, 0.6) is 0 Å². The molecule has 0 bridgehead atoms. The first-order valence-corrected chi connectivity index (χ1v) is 7.46. The number of fused-ring (bicyclic) bond motifs is 5. The Morgan fingerprint density at radius 2 is 2.11 bits per heavy atom. The highest BCUT2D eigenvalue weighted by Crippen LogP contribution is 2.46. The summed E-state index contributed by atoms with van der Waals surface area (Å²) in [6.07, 6.45) is 7.16. The van der Waals surface area contributed by atoms with Crippen LogP contribution in [0.1, 0.15) is 37.7 Å². The van der Waals surface area contributed by atoms with Crippen molar-refractivity contribution in [3.8, 4) is 0 Å². The standard InChI is InChI=1S/C16H22N2/c1-11-6-7-16-14(8-11)17-10-13-9-12-4-2-3-5-15(12)18(13)16/h6-8,12-13,15,17H,2-5,9-10H2,1H3. The lowest BCUT2D eigenvalue weighted by atomic mass is 9.85. The van der Waals surface area contributed by atoms with Crippen LogP contribution in [-0.2, 0) is 0 Å². The van der Waals surface area contributed by atoms with Crippen molar-refractivity contribution >= 4 is 11.4 Å². The summed E-state index contributed by atoms with van der Waals surface area (Å²) in [6.45, 7) is 3.32. The number of hydrogen-bond acceptors (Lipinski definition) is 2. The van der Waals surface area contributed by atoms with Gasteiger partial charge in [-0.15, -0.1) is 0 Å². The molecule has 1 saturated carbocycles. The summed E-state index contributed by atoms with van der Waals surface area (Å²) in [5, 5.41) is 3.64. The maximum atomic E-state index is 3.64. The molecular weight excluding hydrogens is 220 g/mol. The summed E-state index contributed by atoms with van der Waals surface area (Å²) in [5.41, 5.74) is 4.18. The molecule has 2 nitrogen and oxygen atoms in total. The fourth-order valence-electron chi connectivity index (χ4n) is 4.36. The van der Waals surface area contributed by atoms with Crippen LogP contribution in [0.2, 0.25) is 0 Å². The predicted molar refractivity (Wildman–Crippen MR) is 76.3 cm³/mol. The first-order chi connectivity index (χ1) is 8.83. The van der Waals surface area contributed by atoms with Crippen molar-refractivity contribution in [1.82, 2.24) is 0 Å². The Kier molecular flexibility index (Phi) is 2.33. The van der Waals surface area contributed by atoms with E-state index >= 15 is 0 Å². The summed E-state index contributed by atoms with van der Waals surface area (Å²) < 4.78 is 0. The van der Waals surface area contributed by atoms with Gasteiger partial charge in [-0.2, -0.15) is 0 Å². The van der Waals surface area contributed by atoms with Gasteiger partial charge < -0.3 is 10.2 Å². The first kappa shape index (κ1) is 10.7. The van der Waals surface area contributed by atoms with Crippen LogP contribution in [0.4, 0.5) is 11.4 Å². The lowest BCUT2D eigenvalue weighted by Crippen LogP contribution is -2.44. The van der Waals surface area contributed by atoms with Gasteiger partial charge in [-0.05, 0) is 49.8 Å². The van der Waals surface area contributed by atoms with Crippen LogP contribution in [0.15, 0.2) is 18.2 Å². The van der Waals surface area contributed by atoms with Gasteiger partial charge in [0.25, 0.3) is 0 Å². The highest BCUT2D eigenvalue weighted by Gasteiger charge is 2.44. The molecule has 4 rings (SSSR count). The lowest BCUT2D eigenvalue weighted by molar-refractivity contribution is 0.342. The van der Waals surface area contributed by atoms with Gasteiger partial charge in [-0.25, -0.2) is 0 Å².